The second-order valence-electron chi connectivity index (χ2n) is 6.01. The van der Waals surface area contributed by atoms with E-state index in [1.165, 1.54) is 18.3 Å². The molecule has 1 unspecified atom stereocenters. The molecule has 6 nitrogen and oxygen atoms in total. The van der Waals surface area contributed by atoms with Crippen molar-refractivity contribution in [1.82, 2.24) is 14.6 Å². The Morgan fingerprint density at radius 1 is 1.15 bits per heavy atom. The monoisotopic (exact) mass is 364 g/mol. The quantitative estimate of drug-likeness (QED) is 0.583. The number of aliphatic hydroxyl groups is 1. The molecule has 0 fully saturated rings. The molecular formula is C19H16N4O2S. The number of hydrogen-bond donors (Lipinski definition) is 2. The number of aromatic nitrogens is 3. The third kappa shape index (κ3) is 2.77. The van der Waals surface area contributed by atoms with Crippen molar-refractivity contribution in [3.63, 3.8) is 0 Å². The molecule has 0 bridgehead atoms. The number of amides is 1. The van der Waals surface area contributed by atoms with Crippen LogP contribution in [0.5, 0.6) is 0 Å². The van der Waals surface area contributed by atoms with E-state index in [0.717, 1.165) is 11.0 Å². The van der Waals surface area contributed by atoms with Crippen LogP contribution in [0.1, 0.15) is 12.5 Å². The molecule has 1 amide bonds. The van der Waals surface area contributed by atoms with Crippen LogP contribution in [0.15, 0.2) is 65.5 Å². The van der Waals surface area contributed by atoms with Gasteiger partial charge in [-0.2, -0.15) is 0 Å². The number of hydrogen-bond acceptors (Lipinski definition) is 5. The number of para-hydroxylation sites is 2. The van der Waals surface area contributed by atoms with E-state index in [2.05, 4.69) is 15.4 Å². The lowest BCUT2D eigenvalue weighted by Crippen LogP contribution is -2.41. The summed E-state index contributed by atoms with van der Waals surface area (Å²) in [6, 6.07) is 16.3. The summed E-state index contributed by atoms with van der Waals surface area (Å²) in [6.45, 7) is 1.47. The van der Waals surface area contributed by atoms with Gasteiger partial charge in [0.05, 0.1) is 16.5 Å². The highest BCUT2D eigenvalue weighted by Crippen LogP contribution is 2.25. The highest BCUT2D eigenvalue weighted by Gasteiger charge is 2.33. The minimum absolute atomic E-state index is 0.511. The molecule has 7 heteroatoms. The molecule has 2 N–H and O–H groups in total. The van der Waals surface area contributed by atoms with E-state index in [1.54, 1.807) is 34.5 Å². The van der Waals surface area contributed by atoms with Crippen molar-refractivity contribution in [2.45, 2.75) is 12.5 Å². The number of benzene rings is 2. The molecule has 1 atom stereocenters. The van der Waals surface area contributed by atoms with Gasteiger partial charge in [-0.25, -0.2) is 14.6 Å². The summed E-state index contributed by atoms with van der Waals surface area (Å²) >= 11 is 1.45. The van der Waals surface area contributed by atoms with E-state index in [-0.39, 0.29) is 0 Å². The standard InChI is InChI=1S/C19H16N4O2S/c1-19(25,13-7-3-2-4-8-13)18(24)22-23-16-10-6-5-9-14(16)21-17(23)15-11-26-12-20-15/h2-12,25H,1H3,(H,22,24). The maximum Gasteiger partial charge on any atom is 0.275 e. The Morgan fingerprint density at radius 3 is 2.62 bits per heavy atom. The molecule has 0 aliphatic heterocycles. The topological polar surface area (TPSA) is 80.0 Å². The van der Waals surface area contributed by atoms with Crippen LogP contribution in [0.3, 0.4) is 0 Å². The minimum atomic E-state index is -1.69. The summed E-state index contributed by atoms with van der Waals surface area (Å²) in [5.41, 5.74) is 5.44. The van der Waals surface area contributed by atoms with Crippen molar-refractivity contribution in [3.8, 4) is 11.5 Å². The highest BCUT2D eigenvalue weighted by molar-refractivity contribution is 7.07. The molecule has 0 aliphatic carbocycles. The summed E-state index contributed by atoms with van der Waals surface area (Å²) in [7, 11) is 0. The lowest BCUT2D eigenvalue weighted by atomic mass is 9.95. The predicted molar refractivity (Wildman–Crippen MR) is 101 cm³/mol. The van der Waals surface area contributed by atoms with E-state index in [9.17, 15) is 9.90 Å². The average molecular weight is 364 g/mol. The van der Waals surface area contributed by atoms with E-state index in [1.807, 2.05) is 35.7 Å². The number of carbonyl (C=O) groups excluding carboxylic acids is 1. The number of nitrogens with zero attached hydrogens (tertiary/aromatic N) is 3. The molecule has 2 aromatic carbocycles. The van der Waals surface area contributed by atoms with E-state index < -0.39 is 11.5 Å². The zero-order valence-electron chi connectivity index (χ0n) is 14.0. The number of carbonyl (C=O) groups is 1. The van der Waals surface area contributed by atoms with Crippen LogP contribution in [0.4, 0.5) is 0 Å². The van der Waals surface area contributed by atoms with Crippen LogP contribution in [-0.4, -0.2) is 25.7 Å². The third-order valence-electron chi connectivity index (χ3n) is 4.21. The molecule has 0 saturated heterocycles. The summed E-state index contributed by atoms with van der Waals surface area (Å²) in [6.07, 6.45) is 0. The molecule has 2 heterocycles. The van der Waals surface area contributed by atoms with Crippen molar-refractivity contribution >= 4 is 28.3 Å². The fraction of sp³-hybridized carbons (Fsp3) is 0.105. The van der Waals surface area contributed by atoms with Gasteiger partial charge in [-0.3, -0.25) is 10.2 Å². The van der Waals surface area contributed by atoms with Crippen molar-refractivity contribution in [2.75, 3.05) is 5.43 Å². The lowest BCUT2D eigenvalue weighted by Gasteiger charge is -2.23. The summed E-state index contributed by atoms with van der Waals surface area (Å²) in [5, 5.41) is 12.6. The molecular weight excluding hydrogens is 348 g/mol. The smallest absolute Gasteiger partial charge is 0.275 e. The van der Waals surface area contributed by atoms with Crippen molar-refractivity contribution in [2.24, 2.45) is 0 Å². The maximum absolute atomic E-state index is 12.9. The normalized spacial score (nSPS) is 13.5. The van der Waals surface area contributed by atoms with Crippen LogP contribution in [-0.2, 0) is 10.4 Å². The first-order chi connectivity index (χ1) is 12.6. The molecule has 4 rings (SSSR count). The van der Waals surface area contributed by atoms with Gasteiger partial charge in [0.15, 0.2) is 11.4 Å². The van der Waals surface area contributed by atoms with Gasteiger partial charge in [0.2, 0.25) is 0 Å². The van der Waals surface area contributed by atoms with Crippen molar-refractivity contribution in [1.29, 1.82) is 0 Å². The van der Waals surface area contributed by atoms with Gasteiger partial charge in [0.1, 0.15) is 5.69 Å². The molecule has 2 aromatic heterocycles. The fourth-order valence-electron chi connectivity index (χ4n) is 2.74. The van der Waals surface area contributed by atoms with Crippen LogP contribution in [0, 0.1) is 0 Å². The van der Waals surface area contributed by atoms with Gasteiger partial charge in [-0.1, -0.05) is 42.5 Å². The number of rotatable bonds is 4. The molecule has 130 valence electrons. The van der Waals surface area contributed by atoms with Gasteiger partial charge in [-0.15, -0.1) is 11.3 Å². The van der Waals surface area contributed by atoms with Crippen LogP contribution in [0.25, 0.3) is 22.6 Å². The van der Waals surface area contributed by atoms with Gasteiger partial charge >= 0.3 is 0 Å². The van der Waals surface area contributed by atoms with E-state index in [0.29, 0.717) is 17.1 Å². The van der Waals surface area contributed by atoms with Crippen LogP contribution in [0.2, 0.25) is 0 Å². The van der Waals surface area contributed by atoms with Gasteiger partial charge in [0, 0.05) is 5.38 Å². The number of fused-ring (bicyclic) bond motifs is 1. The van der Waals surface area contributed by atoms with E-state index >= 15 is 0 Å². The largest absolute Gasteiger partial charge is 0.375 e. The van der Waals surface area contributed by atoms with Gasteiger partial charge in [-0.05, 0) is 24.6 Å². The highest BCUT2D eigenvalue weighted by atomic mass is 32.1. The SMILES string of the molecule is CC(O)(C(=O)Nn1c(-c2cscn2)nc2ccccc21)c1ccccc1. The summed E-state index contributed by atoms with van der Waals surface area (Å²) < 4.78 is 1.57. The fourth-order valence-corrected chi connectivity index (χ4v) is 3.27. The Morgan fingerprint density at radius 2 is 1.88 bits per heavy atom. The number of nitrogens with one attached hydrogen (secondary N) is 1. The molecule has 0 radical (unpaired) electrons. The second-order valence-corrected chi connectivity index (χ2v) is 6.73. The Labute approximate surface area is 153 Å². The van der Waals surface area contributed by atoms with Crippen LogP contribution >= 0.6 is 11.3 Å². The van der Waals surface area contributed by atoms with Crippen molar-refractivity contribution < 1.29 is 9.90 Å². The Hall–Kier alpha value is -3.03. The second kappa shape index (κ2) is 6.36. The lowest BCUT2D eigenvalue weighted by molar-refractivity contribution is -0.134. The number of imidazole rings is 1. The van der Waals surface area contributed by atoms with E-state index in [4.69, 9.17) is 0 Å². The molecule has 0 spiro atoms. The maximum atomic E-state index is 12.9. The Bertz CT molecular complexity index is 1060. The number of thiazole rings is 1. The first kappa shape index (κ1) is 16.4. The third-order valence-corrected chi connectivity index (χ3v) is 4.80. The Kier molecular flexibility index (Phi) is 4.02. The average Bonchev–Trinajstić information content (AvgIpc) is 3.30. The van der Waals surface area contributed by atoms with Crippen molar-refractivity contribution in [3.05, 3.63) is 71.1 Å². The van der Waals surface area contributed by atoms with Gasteiger partial charge < -0.3 is 5.11 Å². The molecule has 4 aromatic rings. The first-order valence-corrected chi connectivity index (χ1v) is 8.97. The Balaban J connectivity index is 1.77. The molecule has 26 heavy (non-hydrogen) atoms. The molecule has 0 saturated carbocycles. The first-order valence-electron chi connectivity index (χ1n) is 8.03. The van der Waals surface area contributed by atoms with Crippen LogP contribution < -0.4 is 5.43 Å². The van der Waals surface area contributed by atoms with Gasteiger partial charge in [0.25, 0.3) is 5.91 Å². The zero-order valence-corrected chi connectivity index (χ0v) is 14.8. The predicted octanol–water partition coefficient (Wildman–Crippen LogP) is 3.14. The molecule has 0 aliphatic rings. The summed E-state index contributed by atoms with van der Waals surface area (Å²) in [4.78, 5) is 21.7. The summed E-state index contributed by atoms with van der Waals surface area (Å²) in [5.74, 6) is -0.0343. The minimum Gasteiger partial charge on any atom is -0.375 e. The zero-order chi connectivity index (χ0) is 18.1.